The van der Waals surface area contributed by atoms with Gasteiger partial charge in [0, 0.05) is 19.1 Å². The third-order valence-electron chi connectivity index (χ3n) is 4.34. The van der Waals surface area contributed by atoms with Crippen molar-refractivity contribution in [3.05, 3.63) is 35.4 Å². The molecule has 0 spiro atoms. The number of rotatable bonds is 5. The molecular weight excluding hydrogens is 232 g/mol. The first-order valence-electron chi connectivity index (χ1n) is 7.61. The van der Waals surface area contributed by atoms with E-state index in [-0.39, 0.29) is 0 Å². The molecule has 0 aliphatic heterocycles. The molecule has 1 fully saturated rings. The predicted octanol–water partition coefficient (Wildman–Crippen LogP) is 3.42. The van der Waals surface area contributed by atoms with Gasteiger partial charge in [-0.25, -0.2) is 0 Å². The van der Waals surface area contributed by atoms with Crippen molar-refractivity contribution in [2.45, 2.75) is 51.7 Å². The van der Waals surface area contributed by atoms with Gasteiger partial charge in [0.05, 0.1) is 0 Å². The lowest BCUT2D eigenvalue weighted by molar-refractivity contribution is 0.157. The van der Waals surface area contributed by atoms with E-state index in [0.717, 1.165) is 25.0 Å². The van der Waals surface area contributed by atoms with Crippen LogP contribution in [-0.4, -0.2) is 25.0 Å². The molecule has 0 bridgehead atoms. The summed E-state index contributed by atoms with van der Waals surface area (Å²) in [5.41, 5.74) is 2.82. The van der Waals surface area contributed by atoms with Gasteiger partial charge in [0.15, 0.2) is 0 Å². The monoisotopic (exact) mass is 260 g/mol. The number of hydrogen-bond acceptors (Lipinski definition) is 2. The quantitative estimate of drug-likeness (QED) is 0.872. The van der Waals surface area contributed by atoms with Gasteiger partial charge < -0.3 is 5.32 Å². The molecule has 2 heteroatoms. The summed E-state index contributed by atoms with van der Waals surface area (Å²) in [4.78, 5) is 2.55. The van der Waals surface area contributed by atoms with Crippen molar-refractivity contribution in [1.82, 2.24) is 10.2 Å². The van der Waals surface area contributed by atoms with Gasteiger partial charge in [-0.2, -0.15) is 0 Å². The Morgan fingerprint density at radius 2 is 2.05 bits per heavy atom. The van der Waals surface area contributed by atoms with Gasteiger partial charge in [0.1, 0.15) is 0 Å². The largest absolute Gasteiger partial charge is 0.316 e. The summed E-state index contributed by atoms with van der Waals surface area (Å²) in [5.74, 6) is 0.900. The second-order valence-electron chi connectivity index (χ2n) is 6.19. The van der Waals surface area contributed by atoms with Crippen LogP contribution in [0.15, 0.2) is 24.3 Å². The van der Waals surface area contributed by atoms with Crippen LogP contribution in [0.2, 0.25) is 0 Å². The smallest absolute Gasteiger partial charge is 0.0233 e. The first kappa shape index (κ1) is 14.5. The van der Waals surface area contributed by atoms with Crippen LogP contribution in [0.4, 0.5) is 0 Å². The van der Waals surface area contributed by atoms with Crippen LogP contribution in [0.3, 0.4) is 0 Å². The number of hydrogen-bond donors (Lipinski definition) is 1. The minimum atomic E-state index is 0.775. The highest BCUT2D eigenvalue weighted by Gasteiger charge is 2.22. The van der Waals surface area contributed by atoms with E-state index in [0.29, 0.717) is 0 Å². The van der Waals surface area contributed by atoms with Crippen LogP contribution in [0, 0.1) is 5.92 Å². The van der Waals surface area contributed by atoms with Crippen LogP contribution < -0.4 is 5.32 Å². The Hall–Kier alpha value is -0.860. The van der Waals surface area contributed by atoms with E-state index in [1.54, 1.807) is 0 Å². The Bertz CT molecular complexity index is 389. The number of nitrogens with zero attached hydrogens (tertiary/aromatic N) is 1. The molecule has 19 heavy (non-hydrogen) atoms. The number of nitrogens with one attached hydrogen (secondary N) is 1. The number of benzene rings is 1. The molecule has 2 nitrogen and oxygen atoms in total. The second-order valence-corrected chi connectivity index (χ2v) is 6.19. The van der Waals surface area contributed by atoms with Gasteiger partial charge in [0.25, 0.3) is 0 Å². The van der Waals surface area contributed by atoms with Crippen molar-refractivity contribution in [3.8, 4) is 0 Å². The molecule has 0 radical (unpaired) electrons. The van der Waals surface area contributed by atoms with E-state index in [9.17, 15) is 0 Å². The highest BCUT2D eigenvalue weighted by molar-refractivity contribution is 5.23. The van der Waals surface area contributed by atoms with Crippen molar-refractivity contribution in [1.29, 1.82) is 0 Å². The van der Waals surface area contributed by atoms with Crippen molar-refractivity contribution in [3.63, 3.8) is 0 Å². The zero-order valence-corrected chi connectivity index (χ0v) is 12.7. The average molecular weight is 260 g/mol. The molecule has 2 unspecified atom stereocenters. The van der Waals surface area contributed by atoms with Crippen molar-refractivity contribution >= 4 is 0 Å². The molecular formula is C17H28N2. The van der Waals surface area contributed by atoms with E-state index in [2.05, 4.69) is 48.5 Å². The topological polar surface area (TPSA) is 15.3 Å². The summed E-state index contributed by atoms with van der Waals surface area (Å²) < 4.78 is 0. The Morgan fingerprint density at radius 1 is 1.26 bits per heavy atom. The van der Waals surface area contributed by atoms with E-state index < -0.39 is 0 Å². The fraction of sp³-hybridized carbons (Fsp3) is 0.647. The minimum absolute atomic E-state index is 0.775. The van der Waals surface area contributed by atoms with E-state index in [4.69, 9.17) is 0 Å². The van der Waals surface area contributed by atoms with Crippen LogP contribution in [0.1, 0.15) is 43.7 Å². The van der Waals surface area contributed by atoms with E-state index in [1.165, 1.54) is 36.8 Å². The van der Waals surface area contributed by atoms with Crippen LogP contribution in [0.25, 0.3) is 0 Å². The molecule has 2 rings (SSSR count). The molecule has 1 N–H and O–H groups in total. The summed E-state index contributed by atoms with van der Waals surface area (Å²) in [6.07, 6.45) is 5.56. The summed E-state index contributed by atoms with van der Waals surface area (Å²) in [7, 11) is 4.29. The lowest BCUT2D eigenvalue weighted by Gasteiger charge is -2.34. The fourth-order valence-electron chi connectivity index (χ4n) is 3.26. The maximum absolute atomic E-state index is 3.22. The molecule has 1 aromatic rings. The average Bonchev–Trinajstić information content (AvgIpc) is 2.39. The summed E-state index contributed by atoms with van der Waals surface area (Å²) in [5, 5.41) is 3.22. The predicted molar refractivity (Wildman–Crippen MR) is 82.1 cm³/mol. The maximum atomic E-state index is 3.22. The van der Waals surface area contributed by atoms with Gasteiger partial charge in [-0.3, -0.25) is 4.90 Å². The van der Waals surface area contributed by atoms with E-state index in [1.807, 2.05) is 7.05 Å². The Balaban J connectivity index is 1.94. The molecule has 106 valence electrons. The molecule has 2 atom stereocenters. The zero-order chi connectivity index (χ0) is 13.7. The lowest BCUT2D eigenvalue weighted by Crippen LogP contribution is -2.35. The standard InChI is InChI=1S/C17H28N2/c1-14-6-4-9-17(10-14)19(3)13-16-8-5-7-15(11-16)12-18-2/h5,7-8,11,14,17-18H,4,6,9-10,12-13H2,1-3H3. The first-order chi connectivity index (χ1) is 9.19. The van der Waals surface area contributed by atoms with Crippen LogP contribution in [0.5, 0.6) is 0 Å². The normalized spacial score (nSPS) is 23.8. The molecule has 0 heterocycles. The highest BCUT2D eigenvalue weighted by atomic mass is 15.1. The van der Waals surface area contributed by atoms with Gasteiger partial charge in [-0.05, 0) is 44.0 Å². The molecule has 0 amide bonds. The van der Waals surface area contributed by atoms with Crippen LogP contribution in [-0.2, 0) is 13.1 Å². The van der Waals surface area contributed by atoms with Crippen molar-refractivity contribution in [2.75, 3.05) is 14.1 Å². The van der Waals surface area contributed by atoms with Crippen molar-refractivity contribution < 1.29 is 0 Å². The maximum Gasteiger partial charge on any atom is 0.0233 e. The molecule has 1 aliphatic carbocycles. The SMILES string of the molecule is CNCc1cccc(CN(C)C2CCCC(C)C2)c1. The highest BCUT2D eigenvalue weighted by Crippen LogP contribution is 2.27. The molecule has 1 aliphatic rings. The second kappa shape index (κ2) is 7.06. The van der Waals surface area contributed by atoms with Crippen molar-refractivity contribution in [2.24, 2.45) is 5.92 Å². The fourth-order valence-corrected chi connectivity index (χ4v) is 3.26. The molecule has 1 saturated carbocycles. The Kier molecular flexibility index (Phi) is 5.41. The van der Waals surface area contributed by atoms with Gasteiger partial charge in [0.2, 0.25) is 0 Å². The summed E-state index contributed by atoms with van der Waals surface area (Å²) >= 11 is 0. The first-order valence-corrected chi connectivity index (χ1v) is 7.61. The molecule has 0 saturated heterocycles. The Labute approximate surface area is 118 Å². The van der Waals surface area contributed by atoms with Gasteiger partial charge >= 0.3 is 0 Å². The van der Waals surface area contributed by atoms with E-state index >= 15 is 0 Å². The van der Waals surface area contributed by atoms with Crippen LogP contribution >= 0.6 is 0 Å². The zero-order valence-electron chi connectivity index (χ0n) is 12.7. The van der Waals surface area contributed by atoms with Gasteiger partial charge in [-0.15, -0.1) is 0 Å². The summed E-state index contributed by atoms with van der Waals surface area (Å²) in [6.45, 7) is 4.43. The minimum Gasteiger partial charge on any atom is -0.316 e. The molecule has 1 aromatic carbocycles. The molecule has 0 aromatic heterocycles. The Morgan fingerprint density at radius 3 is 2.79 bits per heavy atom. The third kappa shape index (κ3) is 4.32. The third-order valence-corrected chi connectivity index (χ3v) is 4.34. The van der Waals surface area contributed by atoms with Gasteiger partial charge in [-0.1, -0.05) is 44.0 Å². The lowest BCUT2D eigenvalue weighted by atomic mass is 9.86. The summed E-state index contributed by atoms with van der Waals surface area (Å²) in [6, 6.07) is 9.74.